The van der Waals surface area contributed by atoms with Gasteiger partial charge in [-0.15, -0.1) is 10.2 Å². The lowest BCUT2D eigenvalue weighted by Crippen LogP contribution is -2.47. The third kappa shape index (κ3) is 2.79. The van der Waals surface area contributed by atoms with Gasteiger partial charge >= 0.3 is 5.97 Å². The van der Waals surface area contributed by atoms with E-state index in [0.29, 0.717) is 17.7 Å². The van der Waals surface area contributed by atoms with Crippen molar-refractivity contribution in [2.45, 2.75) is 32.6 Å². The largest absolute Gasteiger partial charge is 0.480 e. The number of nitrogens with zero attached hydrogens (tertiary/aromatic N) is 4. The second-order valence-electron chi connectivity index (χ2n) is 5.39. The summed E-state index contributed by atoms with van der Waals surface area (Å²) in [6.07, 6.45) is 0. The number of benzene rings is 1. The summed E-state index contributed by atoms with van der Waals surface area (Å²) >= 11 is 0. The van der Waals surface area contributed by atoms with Crippen molar-refractivity contribution < 1.29 is 23.1 Å². The van der Waals surface area contributed by atoms with Crippen LogP contribution >= 0.6 is 0 Å². The molecule has 1 unspecified atom stereocenters. The number of carboxylic acid groups (broad SMARTS) is 1. The van der Waals surface area contributed by atoms with Crippen LogP contribution in [-0.4, -0.2) is 36.8 Å². The number of hydrogen-bond donors (Lipinski definition) is 1. The molecule has 0 amide bonds. The summed E-state index contributed by atoms with van der Waals surface area (Å²) in [4.78, 5) is 12.9. The maximum absolute atomic E-state index is 13.8. The van der Waals surface area contributed by atoms with E-state index in [-0.39, 0.29) is 25.2 Å². The Morgan fingerprint density at radius 2 is 1.96 bits per heavy atom. The molecule has 2 heterocycles. The van der Waals surface area contributed by atoms with Gasteiger partial charge in [0, 0.05) is 18.2 Å². The summed E-state index contributed by atoms with van der Waals surface area (Å²) in [5.74, 6) is -3.34. The van der Waals surface area contributed by atoms with Crippen LogP contribution in [0.15, 0.2) is 12.1 Å². The Kier molecular flexibility index (Phi) is 3.80. The summed E-state index contributed by atoms with van der Waals surface area (Å²) in [5, 5.41) is 17.2. The van der Waals surface area contributed by atoms with E-state index >= 15 is 0 Å². The molecule has 23 heavy (non-hydrogen) atoms. The number of hydrogen-bond acceptors (Lipinski definition) is 4. The fraction of sp³-hybridized carbons (Fsp3) is 0.357. The number of aromatic nitrogens is 3. The van der Waals surface area contributed by atoms with E-state index in [2.05, 4.69) is 10.2 Å². The summed E-state index contributed by atoms with van der Waals surface area (Å²) in [5.41, 5.74) is -0.111. The normalized spacial score (nSPS) is 18.0. The molecule has 1 aromatic carbocycles. The van der Waals surface area contributed by atoms with Gasteiger partial charge in [0.15, 0.2) is 11.6 Å². The van der Waals surface area contributed by atoms with Crippen LogP contribution in [0, 0.1) is 24.4 Å². The van der Waals surface area contributed by atoms with Gasteiger partial charge in [0.05, 0.1) is 13.1 Å². The summed E-state index contributed by atoms with van der Waals surface area (Å²) in [7, 11) is 0. The predicted molar refractivity (Wildman–Crippen MR) is 71.7 cm³/mol. The highest BCUT2D eigenvalue weighted by molar-refractivity contribution is 5.73. The zero-order valence-electron chi connectivity index (χ0n) is 12.1. The van der Waals surface area contributed by atoms with Gasteiger partial charge in [0.25, 0.3) is 0 Å². The molecule has 0 saturated heterocycles. The summed E-state index contributed by atoms with van der Waals surface area (Å²) < 4.78 is 41.8. The molecule has 1 aliphatic rings. The second-order valence-corrected chi connectivity index (χ2v) is 5.39. The predicted octanol–water partition coefficient (Wildman–Crippen LogP) is 1.47. The van der Waals surface area contributed by atoms with Crippen molar-refractivity contribution in [1.82, 2.24) is 19.7 Å². The minimum atomic E-state index is -1.28. The third-order valence-electron chi connectivity index (χ3n) is 3.90. The van der Waals surface area contributed by atoms with Crippen molar-refractivity contribution in [2.75, 3.05) is 0 Å². The molecule has 1 aromatic heterocycles. The molecule has 0 aliphatic carbocycles. The first-order valence-corrected chi connectivity index (χ1v) is 6.85. The van der Waals surface area contributed by atoms with Crippen LogP contribution in [0.25, 0.3) is 0 Å². The van der Waals surface area contributed by atoms with Crippen molar-refractivity contribution in [3.63, 3.8) is 0 Å². The first-order chi connectivity index (χ1) is 10.9. The quantitative estimate of drug-likeness (QED) is 0.865. The minimum absolute atomic E-state index is 0.106. The van der Waals surface area contributed by atoms with E-state index in [1.807, 2.05) is 0 Å². The fourth-order valence-electron chi connectivity index (χ4n) is 2.66. The molecule has 6 nitrogen and oxygen atoms in total. The minimum Gasteiger partial charge on any atom is -0.480 e. The van der Waals surface area contributed by atoms with E-state index in [4.69, 9.17) is 0 Å². The molecule has 1 aliphatic heterocycles. The van der Waals surface area contributed by atoms with Gasteiger partial charge in [-0.2, -0.15) is 0 Å². The second kappa shape index (κ2) is 5.65. The van der Waals surface area contributed by atoms with Gasteiger partial charge in [-0.25, -0.2) is 13.2 Å². The molecule has 1 N–H and O–H groups in total. The molecular formula is C14H13F3N4O2. The van der Waals surface area contributed by atoms with Gasteiger partial charge in [-0.05, 0) is 13.0 Å². The Morgan fingerprint density at radius 3 is 2.65 bits per heavy atom. The van der Waals surface area contributed by atoms with E-state index in [0.717, 1.165) is 6.07 Å². The van der Waals surface area contributed by atoms with Crippen LogP contribution in [0.5, 0.6) is 0 Å². The molecular weight excluding hydrogens is 313 g/mol. The Hall–Kier alpha value is -2.42. The van der Waals surface area contributed by atoms with Gasteiger partial charge in [-0.3, -0.25) is 9.69 Å². The number of carbonyl (C=O) groups is 1. The topological polar surface area (TPSA) is 71.2 Å². The van der Waals surface area contributed by atoms with Crippen molar-refractivity contribution in [3.8, 4) is 0 Å². The lowest BCUT2D eigenvalue weighted by atomic mass is 10.1. The highest BCUT2D eigenvalue weighted by Gasteiger charge is 2.33. The highest BCUT2D eigenvalue weighted by atomic mass is 19.2. The van der Waals surface area contributed by atoms with Crippen LogP contribution in [0.3, 0.4) is 0 Å². The maximum Gasteiger partial charge on any atom is 0.322 e. The number of fused-ring (bicyclic) bond motifs is 1. The molecule has 122 valence electrons. The van der Waals surface area contributed by atoms with Crippen LogP contribution in [0.2, 0.25) is 0 Å². The van der Waals surface area contributed by atoms with Crippen molar-refractivity contribution in [1.29, 1.82) is 0 Å². The van der Waals surface area contributed by atoms with Crippen molar-refractivity contribution >= 4 is 5.97 Å². The number of rotatable bonds is 3. The molecule has 0 fully saturated rings. The SMILES string of the molecule is Cc1nnc2n1CC(C(=O)O)N(Cc1cc(F)c(F)cc1F)C2. The standard InChI is InChI=1S/C14H13F3N4O2/c1-7-18-19-13-6-20(12(14(22)23)5-21(7)13)4-8-2-10(16)11(17)3-9(8)15/h2-3,12H,4-6H2,1H3,(H,22,23). The number of aliphatic carboxylic acids is 1. The Morgan fingerprint density at radius 1 is 1.26 bits per heavy atom. The third-order valence-corrected chi connectivity index (χ3v) is 3.90. The smallest absolute Gasteiger partial charge is 0.322 e. The molecule has 0 radical (unpaired) electrons. The van der Waals surface area contributed by atoms with E-state index in [1.54, 1.807) is 11.5 Å². The van der Waals surface area contributed by atoms with E-state index in [1.165, 1.54) is 4.90 Å². The highest BCUT2D eigenvalue weighted by Crippen LogP contribution is 2.22. The first kappa shape index (κ1) is 15.5. The molecule has 3 rings (SSSR count). The number of aryl methyl sites for hydroxylation is 1. The summed E-state index contributed by atoms with van der Waals surface area (Å²) in [6.45, 7) is 1.76. The molecule has 9 heteroatoms. The molecule has 0 saturated carbocycles. The zero-order chi connectivity index (χ0) is 16.7. The van der Waals surface area contributed by atoms with Crippen LogP contribution in [-0.2, 0) is 24.4 Å². The fourth-order valence-corrected chi connectivity index (χ4v) is 2.66. The van der Waals surface area contributed by atoms with E-state index in [9.17, 15) is 23.1 Å². The average molecular weight is 326 g/mol. The molecule has 1 atom stereocenters. The van der Waals surface area contributed by atoms with Crippen LogP contribution in [0.4, 0.5) is 13.2 Å². The van der Waals surface area contributed by atoms with Crippen LogP contribution in [0.1, 0.15) is 17.2 Å². The molecule has 0 spiro atoms. The van der Waals surface area contributed by atoms with Crippen molar-refractivity contribution in [3.05, 3.63) is 46.8 Å². The Bertz CT molecular complexity index is 778. The Labute approximate surface area is 129 Å². The van der Waals surface area contributed by atoms with Gasteiger partial charge in [0.2, 0.25) is 0 Å². The van der Waals surface area contributed by atoms with Gasteiger partial charge < -0.3 is 9.67 Å². The first-order valence-electron chi connectivity index (χ1n) is 6.85. The number of carboxylic acids is 1. The number of halogens is 3. The zero-order valence-corrected chi connectivity index (χ0v) is 12.1. The Balaban J connectivity index is 1.92. The maximum atomic E-state index is 13.8. The molecule has 0 bridgehead atoms. The van der Waals surface area contributed by atoms with Crippen LogP contribution < -0.4 is 0 Å². The molecule has 2 aromatic rings. The van der Waals surface area contributed by atoms with Crippen molar-refractivity contribution in [2.24, 2.45) is 0 Å². The van der Waals surface area contributed by atoms with E-state index < -0.39 is 29.5 Å². The van der Waals surface area contributed by atoms with Gasteiger partial charge in [0.1, 0.15) is 23.5 Å². The van der Waals surface area contributed by atoms with Gasteiger partial charge in [-0.1, -0.05) is 0 Å². The monoisotopic (exact) mass is 326 g/mol. The summed E-state index contributed by atoms with van der Waals surface area (Å²) in [6, 6.07) is 0.260. The lowest BCUT2D eigenvalue weighted by Gasteiger charge is -2.33. The lowest BCUT2D eigenvalue weighted by molar-refractivity contribution is -0.145. The average Bonchev–Trinajstić information content (AvgIpc) is 2.84.